The number of hydrogen-bond acceptors (Lipinski definition) is 10. The standard InChI is InChI=1S/C29H39N5O6S2/c1-4-39-22-7-8-23(15-22)40-32-27(21-5-9-25(10-6-21)42(37,38)26-11-12-26)28(36)31-29-30-16-24(41-29)18-33-13-14-34(20(3)35)19(2)17-33/h5-6,9-10,16,19,22-23,26H,4,7-8,11-15,17-18H2,1-3H3,(H,30,31,36)/b32-27+/t19-,22+,23+/m0/s1. The fourth-order valence-electron chi connectivity index (χ4n) is 5.57. The lowest BCUT2D eigenvalue weighted by molar-refractivity contribution is -0.133. The van der Waals surface area contributed by atoms with Gasteiger partial charge in [-0.3, -0.25) is 19.8 Å². The molecule has 228 valence electrons. The van der Waals surface area contributed by atoms with Crippen molar-refractivity contribution < 1.29 is 27.6 Å². The lowest BCUT2D eigenvalue weighted by Crippen LogP contribution is -2.52. The molecule has 1 aliphatic heterocycles. The molecular weight excluding hydrogens is 578 g/mol. The number of nitrogens with one attached hydrogen (secondary N) is 1. The van der Waals surface area contributed by atoms with E-state index >= 15 is 0 Å². The lowest BCUT2D eigenvalue weighted by Gasteiger charge is -2.39. The van der Waals surface area contributed by atoms with Crippen LogP contribution in [0.1, 0.15) is 63.3 Å². The minimum atomic E-state index is -3.35. The first kappa shape index (κ1) is 30.6. The van der Waals surface area contributed by atoms with Gasteiger partial charge in [0.25, 0.3) is 5.91 Å². The van der Waals surface area contributed by atoms with Crippen molar-refractivity contribution in [3.8, 4) is 0 Å². The number of hydrogen-bond donors (Lipinski definition) is 1. The number of nitrogens with zero attached hydrogens (tertiary/aromatic N) is 4. The van der Waals surface area contributed by atoms with Crippen molar-refractivity contribution in [1.29, 1.82) is 0 Å². The first-order chi connectivity index (χ1) is 20.1. The molecule has 2 amide bonds. The number of anilines is 1. The third-order valence-electron chi connectivity index (χ3n) is 7.94. The molecule has 2 saturated carbocycles. The number of aromatic nitrogens is 1. The van der Waals surface area contributed by atoms with Crippen LogP contribution in [-0.4, -0.2) is 90.5 Å². The van der Waals surface area contributed by atoms with Gasteiger partial charge in [0.05, 0.1) is 16.2 Å². The maximum atomic E-state index is 13.5. The largest absolute Gasteiger partial charge is 0.392 e. The van der Waals surface area contributed by atoms with Gasteiger partial charge < -0.3 is 14.5 Å². The van der Waals surface area contributed by atoms with Crippen molar-refractivity contribution in [2.75, 3.05) is 31.6 Å². The molecule has 2 heterocycles. The van der Waals surface area contributed by atoms with Gasteiger partial charge in [0.2, 0.25) is 5.91 Å². The van der Waals surface area contributed by atoms with Crippen LogP contribution in [0.3, 0.4) is 0 Å². The highest BCUT2D eigenvalue weighted by Crippen LogP contribution is 2.33. The summed E-state index contributed by atoms with van der Waals surface area (Å²) in [5.41, 5.74) is 0.506. The monoisotopic (exact) mass is 617 g/mol. The van der Waals surface area contributed by atoms with Crippen LogP contribution in [0.25, 0.3) is 0 Å². The number of piperazine rings is 1. The average molecular weight is 618 g/mol. The molecule has 1 N–H and O–H groups in total. The molecule has 0 radical (unpaired) electrons. The van der Waals surface area contributed by atoms with Gasteiger partial charge in [0.15, 0.2) is 20.7 Å². The zero-order valence-corrected chi connectivity index (χ0v) is 26.0. The average Bonchev–Trinajstić information content (AvgIpc) is 3.60. The maximum absolute atomic E-state index is 13.5. The van der Waals surface area contributed by atoms with Gasteiger partial charge in [-0.25, -0.2) is 13.4 Å². The van der Waals surface area contributed by atoms with E-state index in [0.717, 1.165) is 30.8 Å². The van der Waals surface area contributed by atoms with E-state index in [2.05, 4.69) is 20.4 Å². The molecule has 13 heteroatoms. The second kappa shape index (κ2) is 13.2. The normalized spacial score (nSPS) is 23.6. The van der Waals surface area contributed by atoms with Crippen molar-refractivity contribution in [3.05, 3.63) is 40.9 Å². The summed E-state index contributed by atoms with van der Waals surface area (Å²) < 4.78 is 31.0. The number of benzene rings is 1. The van der Waals surface area contributed by atoms with E-state index in [0.29, 0.717) is 49.7 Å². The second-order valence-corrected chi connectivity index (χ2v) is 14.6. The minimum absolute atomic E-state index is 0.0520. The Morgan fingerprint density at radius 1 is 1.12 bits per heavy atom. The Morgan fingerprint density at radius 3 is 2.52 bits per heavy atom. The first-order valence-electron chi connectivity index (χ1n) is 14.6. The van der Waals surface area contributed by atoms with Gasteiger partial charge in [0, 0.05) is 68.8 Å². The van der Waals surface area contributed by atoms with E-state index < -0.39 is 15.7 Å². The van der Waals surface area contributed by atoms with Gasteiger partial charge in [0.1, 0.15) is 6.10 Å². The van der Waals surface area contributed by atoms with Crippen LogP contribution in [0.15, 0.2) is 40.5 Å². The number of amides is 2. The van der Waals surface area contributed by atoms with Crippen LogP contribution in [0, 0.1) is 0 Å². The van der Waals surface area contributed by atoms with Crippen LogP contribution >= 0.6 is 11.3 Å². The van der Waals surface area contributed by atoms with Crippen LogP contribution in [-0.2, 0) is 35.5 Å². The quantitative estimate of drug-likeness (QED) is 0.300. The van der Waals surface area contributed by atoms with Crippen molar-refractivity contribution in [2.45, 2.75) is 87.8 Å². The molecule has 1 aromatic carbocycles. The molecule has 1 saturated heterocycles. The number of sulfone groups is 1. The third-order valence-corrected chi connectivity index (χ3v) is 11.1. The van der Waals surface area contributed by atoms with Crippen LogP contribution < -0.4 is 5.32 Å². The molecule has 0 bridgehead atoms. The highest BCUT2D eigenvalue weighted by molar-refractivity contribution is 7.92. The Labute approximate surface area is 251 Å². The Morgan fingerprint density at radius 2 is 1.86 bits per heavy atom. The maximum Gasteiger partial charge on any atom is 0.280 e. The number of rotatable bonds is 11. The molecule has 2 aromatic rings. The molecule has 2 aliphatic carbocycles. The Kier molecular flexibility index (Phi) is 9.60. The third kappa shape index (κ3) is 7.36. The van der Waals surface area contributed by atoms with Crippen LogP contribution in [0.4, 0.5) is 5.13 Å². The number of ether oxygens (including phenoxy) is 1. The highest BCUT2D eigenvalue weighted by Gasteiger charge is 2.37. The first-order valence-corrected chi connectivity index (χ1v) is 17.0. The van der Waals surface area contributed by atoms with Crippen molar-refractivity contribution in [3.63, 3.8) is 0 Å². The molecule has 1 aromatic heterocycles. The summed E-state index contributed by atoms with van der Waals surface area (Å²) >= 11 is 1.38. The predicted octanol–water partition coefficient (Wildman–Crippen LogP) is 3.45. The van der Waals surface area contributed by atoms with E-state index in [4.69, 9.17) is 9.57 Å². The molecule has 11 nitrogen and oxygen atoms in total. The van der Waals surface area contributed by atoms with Gasteiger partial charge >= 0.3 is 0 Å². The summed E-state index contributed by atoms with van der Waals surface area (Å²) in [6.45, 7) is 9.14. The lowest BCUT2D eigenvalue weighted by atomic mass is 10.1. The molecule has 5 rings (SSSR count). The molecule has 0 unspecified atom stereocenters. The van der Waals surface area contributed by atoms with Crippen molar-refractivity contribution in [2.24, 2.45) is 5.16 Å². The Hall–Kier alpha value is -2.87. The summed E-state index contributed by atoms with van der Waals surface area (Å²) in [6, 6.07) is 6.39. The fourth-order valence-corrected chi connectivity index (χ4v) is 8.08. The van der Waals surface area contributed by atoms with Crippen molar-refractivity contribution >= 4 is 43.8 Å². The minimum Gasteiger partial charge on any atom is -0.392 e. The number of carbonyl (C=O) groups is 2. The zero-order chi connectivity index (χ0) is 29.9. The summed E-state index contributed by atoms with van der Waals surface area (Å²) in [7, 11) is -3.35. The second-order valence-electron chi connectivity index (χ2n) is 11.2. The number of carbonyl (C=O) groups excluding carboxylic acids is 2. The van der Waals surface area contributed by atoms with E-state index in [9.17, 15) is 18.0 Å². The van der Waals surface area contributed by atoms with E-state index in [1.807, 2.05) is 18.7 Å². The Balaban J connectivity index is 1.27. The topological polar surface area (TPSA) is 130 Å². The smallest absolute Gasteiger partial charge is 0.280 e. The summed E-state index contributed by atoms with van der Waals surface area (Å²) in [4.78, 5) is 40.9. The zero-order valence-electron chi connectivity index (χ0n) is 24.3. The fraction of sp³-hybridized carbons (Fsp3) is 0.586. The van der Waals surface area contributed by atoms with Gasteiger partial charge in [-0.1, -0.05) is 17.3 Å². The molecular formula is C29H39N5O6S2. The number of thiazole rings is 1. The van der Waals surface area contributed by atoms with Gasteiger partial charge in [-0.2, -0.15) is 0 Å². The molecule has 0 spiro atoms. The highest BCUT2D eigenvalue weighted by atomic mass is 32.2. The number of oxime groups is 1. The van der Waals surface area contributed by atoms with Crippen LogP contribution in [0.5, 0.6) is 0 Å². The molecule has 3 atom stereocenters. The van der Waals surface area contributed by atoms with E-state index in [-0.39, 0.29) is 40.0 Å². The Bertz CT molecular complexity index is 1410. The predicted molar refractivity (Wildman–Crippen MR) is 160 cm³/mol. The van der Waals surface area contributed by atoms with Crippen LogP contribution in [0.2, 0.25) is 0 Å². The molecule has 3 aliphatic rings. The SMILES string of the molecule is CCO[C@@H]1CC[C@@H](O/N=C(/C(=O)Nc2ncc(CN3CCN(C(C)=O)[C@@H](C)C3)s2)c2ccc(S(=O)(=O)C3CC3)cc2)C1. The van der Waals surface area contributed by atoms with Crippen molar-refractivity contribution in [1.82, 2.24) is 14.8 Å². The van der Waals surface area contributed by atoms with E-state index in [1.165, 1.54) is 23.5 Å². The van der Waals surface area contributed by atoms with E-state index in [1.54, 1.807) is 25.3 Å². The summed E-state index contributed by atoms with van der Waals surface area (Å²) in [5, 5.41) is 7.24. The van der Waals surface area contributed by atoms with Gasteiger partial charge in [-0.15, -0.1) is 11.3 Å². The molecule has 42 heavy (non-hydrogen) atoms. The molecule has 3 fully saturated rings. The van der Waals surface area contributed by atoms with Gasteiger partial charge in [-0.05, 0) is 51.7 Å². The summed E-state index contributed by atoms with van der Waals surface area (Å²) in [5.74, 6) is -0.399. The summed E-state index contributed by atoms with van der Waals surface area (Å²) in [6.07, 6.45) is 5.39.